The number of carbonyl (C=O) groups is 2. The smallest absolute Gasteiger partial charge is 0.255 e. The maximum Gasteiger partial charge on any atom is 0.255 e. The molecule has 8 heteroatoms. The van der Waals surface area contributed by atoms with Crippen molar-refractivity contribution in [2.45, 2.75) is 12.6 Å². The second kappa shape index (κ2) is 8.48. The summed E-state index contributed by atoms with van der Waals surface area (Å²) >= 11 is 1.28. The van der Waals surface area contributed by atoms with E-state index in [1.807, 2.05) is 42.6 Å². The zero-order valence-electron chi connectivity index (χ0n) is 18.4. The predicted octanol–water partition coefficient (Wildman–Crippen LogP) is 5.77. The lowest BCUT2D eigenvalue weighted by Crippen LogP contribution is -2.37. The van der Waals surface area contributed by atoms with Gasteiger partial charge in [0.1, 0.15) is 11.9 Å². The van der Waals surface area contributed by atoms with E-state index in [4.69, 9.17) is 0 Å². The minimum Gasteiger partial charge on any atom is -0.361 e. The molecule has 1 unspecified atom stereocenters. The molecule has 3 aromatic carbocycles. The monoisotopic (exact) mass is 482 g/mol. The lowest BCUT2D eigenvalue weighted by Gasteiger charge is -2.27. The van der Waals surface area contributed by atoms with Gasteiger partial charge in [-0.2, -0.15) is 0 Å². The Hall–Kier alpha value is -4.30. The Kier molecular flexibility index (Phi) is 5.15. The summed E-state index contributed by atoms with van der Waals surface area (Å²) in [6, 6.07) is 18.7. The van der Waals surface area contributed by atoms with E-state index in [9.17, 15) is 14.0 Å². The zero-order chi connectivity index (χ0) is 23.9. The maximum absolute atomic E-state index is 14.1. The number of nitrogens with one attached hydrogen (secondary N) is 2. The number of carbonyl (C=O) groups excluding carboxylic acids is 2. The molecule has 0 radical (unpaired) electrons. The predicted molar refractivity (Wildman–Crippen MR) is 133 cm³/mol. The minimum absolute atomic E-state index is 0.248. The number of H-pyrrole nitrogens is 1. The number of halogens is 1. The molecule has 0 bridgehead atoms. The van der Waals surface area contributed by atoms with Gasteiger partial charge in [-0.3, -0.25) is 14.9 Å². The Morgan fingerprint density at radius 2 is 1.94 bits per heavy atom. The fourth-order valence-corrected chi connectivity index (χ4v) is 5.08. The van der Waals surface area contributed by atoms with Gasteiger partial charge in [-0.25, -0.2) is 9.37 Å². The molecule has 35 heavy (non-hydrogen) atoms. The molecular formula is C27H19FN4O2S. The van der Waals surface area contributed by atoms with Crippen LogP contribution in [0.1, 0.15) is 27.5 Å². The van der Waals surface area contributed by atoms with Gasteiger partial charge in [-0.05, 0) is 64.0 Å². The van der Waals surface area contributed by atoms with E-state index in [0.717, 1.165) is 27.6 Å². The summed E-state index contributed by atoms with van der Waals surface area (Å²) in [4.78, 5) is 35.7. The fourth-order valence-electron chi connectivity index (χ4n) is 4.55. The van der Waals surface area contributed by atoms with Crippen molar-refractivity contribution < 1.29 is 14.0 Å². The molecule has 2 N–H and O–H groups in total. The number of benzene rings is 3. The average Bonchev–Trinajstić information content (AvgIpc) is 3.60. The maximum atomic E-state index is 14.1. The molecule has 0 saturated carbocycles. The van der Waals surface area contributed by atoms with Gasteiger partial charge in [-0.15, -0.1) is 11.3 Å². The van der Waals surface area contributed by atoms with E-state index >= 15 is 0 Å². The number of rotatable bonds is 5. The van der Waals surface area contributed by atoms with Crippen molar-refractivity contribution >= 4 is 39.2 Å². The van der Waals surface area contributed by atoms with Crippen LogP contribution >= 0.6 is 11.3 Å². The molecule has 0 aliphatic carbocycles. The van der Waals surface area contributed by atoms with Crippen molar-refractivity contribution in [1.82, 2.24) is 14.9 Å². The Labute approximate surface area is 204 Å². The normalized spacial score (nSPS) is 13.7. The lowest BCUT2D eigenvalue weighted by atomic mass is 9.99. The number of anilines is 1. The van der Waals surface area contributed by atoms with Crippen molar-refractivity contribution in [3.63, 3.8) is 0 Å². The third-order valence-corrected chi connectivity index (χ3v) is 6.90. The van der Waals surface area contributed by atoms with Crippen LogP contribution in [0.4, 0.5) is 9.52 Å². The van der Waals surface area contributed by atoms with Gasteiger partial charge in [-0.1, -0.05) is 30.3 Å². The summed E-state index contributed by atoms with van der Waals surface area (Å²) in [6.45, 7) is 0.248. The van der Waals surface area contributed by atoms with E-state index in [1.54, 1.807) is 17.6 Å². The van der Waals surface area contributed by atoms with Crippen molar-refractivity contribution in [3.05, 3.63) is 107 Å². The molecule has 3 heterocycles. The van der Waals surface area contributed by atoms with E-state index in [0.29, 0.717) is 16.3 Å². The molecule has 6 nitrogen and oxygen atoms in total. The Bertz CT molecular complexity index is 1580. The molecular weight excluding hydrogens is 463 g/mol. The molecule has 2 amide bonds. The quantitative estimate of drug-likeness (QED) is 0.334. The number of fused-ring (bicyclic) bond motifs is 2. The summed E-state index contributed by atoms with van der Waals surface area (Å²) in [7, 11) is 0. The second-order valence-corrected chi connectivity index (χ2v) is 9.26. The van der Waals surface area contributed by atoms with Crippen LogP contribution in [0.3, 0.4) is 0 Å². The van der Waals surface area contributed by atoms with Gasteiger partial charge in [0.15, 0.2) is 5.13 Å². The van der Waals surface area contributed by atoms with Crippen LogP contribution in [0.15, 0.2) is 84.5 Å². The molecule has 1 aliphatic heterocycles. The number of nitrogens with zero attached hydrogens (tertiary/aromatic N) is 2. The number of thiazole rings is 1. The zero-order valence-corrected chi connectivity index (χ0v) is 19.2. The molecule has 0 spiro atoms. The molecule has 6 rings (SSSR count). The standard InChI is InChI=1S/C27H19FN4O2S/c28-21-3-1-2-19(13-21)24(25(33)31-27-30-10-11-35-27)32-15-20-5-4-17(14-22(20)26(32)34)16-6-7-23-18(12-16)8-9-29-23/h1-14,24,29H,15H2,(H,30,31,33). The lowest BCUT2D eigenvalue weighted by molar-refractivity contribution is -0.120. The minimum atomic E-state index is -1.01. The van der Waals surface area contributed by atoms with Crippen LogP contribution in [0.5, 0.6) is 0 Å². The van der Waals surface area contributed by atoms with Gasteiger partial charge in [0.2, 0.25) is 0 Å². The Morgan fingerprint density at radius 3 is 2.77 bits per heavy atom. The van der Waals surface area contributed by atoms with Crippen molar-refractivity contribution in [2.75, 3.05) is 5.32 Å². The first kappa shape index (κ1) is 21.2. The third kappa shape index (κ3) is 3.87. The van der Waals surface area contributed by atoms with Gasteiger partial charge >= 0.3 is 0 Å². The van der Waals surface area contributed by atoms with Crippen LogP contribution in [-0.2, 0) is 11.3 Å². The number of aromatic amines is 1. The summed E-state index contributed by atoms with van der Waals surface area (Å²) in [5, 5.41) is 6.01. The highest BCUT2D eigenvalue weighted by Crippen LogP contribution is 2.35. The Morgan fingerprint density at radius 1 is 1.09 bits per heavy atom. The van der Waals surface area contributed by atoms with E-state index in [1.165, 1.54) is 34.4 Å². The average molecular weight is 483 g/mol. The highest BCUT2D eigenvalue weighted by molar-refractivity contribution is 7.13. The van der Waals surface area contributed by atoms with Gasteiger partial charge < -0.3 is 9.88 Å². The van der Waals surface area contributed by atoms with Crippen LogP contribution in [0, 0.1) is 5.82 Å². The highest BCUT2D eigenvalue weighted by Gasteiger charge is 2.38. The first-order chi connectivity index (χ1) is 17.1. The first-order valence-corrected chi connectivity index (χ1v) is 11.9. The molecule has 5 aromatic rings. The van der Waals surface area contributed by atoms with E-state index in [2.05, 4.69) is 21.4 Å². The molecule has 1 atom stereocenters. The van der Waals surface area contributed by atoms with Gasteiger partial charge in [0.05, 0.1) is 0 Å². The van der Waals surface area contributed by atoms with Gasteiger partial charge in [0.25, 0.3) is 11.8 Å². The van der Waals surface area contributed by atoms with Crippen molar-refractivity contribution in [1.29, 1.82) is 0 Å². The fraction of sp³-hybridized carbons (Fsp3) is 0.0741. The molecule has 0 fully saturated rings. The topological polar surface area (TPSA) is 78.1 Å². The highest BCUT2D eigenvalue weighted by atomic mass is 32.1. The number of hydrogen-bond acceptors (Lipinski definition) is 4. The number of hydrogen-bond donors (Lipinski definition) is 2. The van der Waals surface area contributed by atoms with Crippen molar-refractivity contribution in [3.8, 4) is 11.1 Å². The molecule has 0 saturated heterocycles. The summed E-state index contributed by atoms with van der Waals surface area (Å²) < 4.78 is 14.1. The van der Waals surface area contributed by atoms with Crippen LogP contribution in [-0.4, -0.2) is 26.7 Å². The molecule has 2 aromatic heterocycles. The third-order valence-electron chi connectivity index (χ3n) is 6.22. The summed E-state index contributed by atoms with van der Waals surface area (Å²) in [5.41, 5.74) is 4.72. The Balaban J connectivity index is 1.36. The van der Waals surface area contributed by atoms with Crippen LogP contribution in [0.25, 0.3) is 22.0 Å². The molecule has 172 valence electrons. The SMILES string of the molecule is O=C(Nc1nccs1)C(c1cccc(F)c1)N1Cc2ccc(-c3ccc4[nH]ccc4c3)cc2C1=O. The summed E-state index contributed by atoms with van der Waals surface area (Å²) in [6.07, 6.45) is 3.47. The molecule has 1 aliphatic rings. The van der Waals surface area contributed by atoms with E-state index < -0.39 is 17.8 Å². The van der Waals surface area contributed by atoms with Crippen LogP contribution < -0.4 is 5.32 Å². The van der Waals surface area contributed by atoms with E-state index in [-0.39, 0.29) is 12.5 Å². The van der Waals surface area contributed by atoms with Gasteiger partial charge in [0, 0.05) is 35.4 Å². The number of aromatic nitrogens is 2. The largest absolute Gasteiger partial charge is 0.361 e. The van der Waals surface area contributed by atoms with Crippen LogP contribution in [0.2, 0.25) is 0 Å². The summed E-state index contributed by atoms with van der Waals surface area (Å²) in [5.74, 6) is -1.18. The second-order valence-electron chi connectivity index (χ2n) is 8.37. The number of amides is 2. The van der Waals surface area contributed by atoms with Crippen molar-refractivity contribution in [2.24, 2.45) is 0 Å². The first-order valence-electron chi connectivity index (χ1n) is 11.0.